The minimum atomic E-state index is 0.557. The van der Waals surface area contributed by atoms with Gasteiger partial charge in [0.1, 0.15) is 6.07 Å². The molecule has 6 nitrogen and oxygen atoms in total. The van der Waals surface area contributed by atoms with Crippen molar-refractivity contribution in [1.29, 1.82) is 5.26 Å². The molecule has 6 heteroatoms. The number of nitrogens with zero attached hydrogens (tertiary/aromatic N) is 5. The summed E-state index contributed by atoms with van der Waals surface area (Å²) in [6, 6.07) is 17.9. The third-order valence-corrected chi connectivity index (χ3v) is 3.58. The number of tetrazole rings is 1. The van der Waals surface area contributed by atoms with Crippen molar-refractivity contribution in [3.05, 3.63) is 60.3 Å². The zero-order valence-corrected chi connectivity index (χ0v) is 11.4. The lowest BCUT2D eigenvalue weighted by Gasteiger charge is -2.05. The molecule has 0 aliphatic carbocycles. The lowest BCUT2D eigenvalue weighted by molar-refractivity contribution is 0.881. The van der Waals surface area contributed by atoms with Gasteiger partial charge in [0.05, 0.1) is 11.1 Å². The van der Waals surface area contributed by atoms with Crippen LogP contribution in [0.5, 0.6) is 0 Å². The van der Waals surface area contributed by atoms with Crippen LogP contribution in [0.4, 0.5) is 0 Å². The molecule has 0 amide bonds. The van der Waals surface area contributed by atoms with Gasteiger partial charge in [-0.05, 0) is 35.5 Å². The third-order valence-electron chi connectivity index (χ3n) is 3.58. The first-order valence-electron chi connectivity index (χ1n) is 6.71. The van der Waals surface area contributed by atoms with Crippen molar-refractivity contribution >= 4 is 10.9 Å². The van der Waals surface area contributed by atoms with Gasteiger partial charge in [0.25, 0.3) is 0 Å². The molecule has 0 bridgehead atoms. The smallest absolute Gasteiger partial charge is 0.204 e. The Morgan fingerprint density at radius 2 is 1.86 bits per heavy atom. The molecule has 2 aromatic carbocycles. The highest BCUT2D eigenvalue weighted by molar-refractivity contribution is 5.87. The van der Waals surface area contributed by atoms with Crippen molar-refractivity contribution in [3.8, 4) is 23.1 Å². The molecule has 22 heavy (non-hydrogen) atoms. The van der Waals surface area contributed by atoms with Crippen LogP contribution in [0, 0.1) is 11.3 Å². The SMILES string of the molecule is N#Cc1cn(-c2ccc(-c3nn[nH]n3)cc2)c2ccccc12. The summed E-state index contributed by atoms with van der Waals surface area (Å²) in [5, 5.41) is 24.1. The van der Waals surface area contributed by atoms with Gasteiger partial charge in [0.2, 0.25) is 5.82 Å². The first kappa shape index (κ1) is 12.3. The second-order valence-electron chi connectivity index (χ2n) is 4.82. The molecule has 4 aromatic rings. The number of nitriles is 1. The molecule has 0 fully saturated rings. The van der Waals surface area contributed by atoms with E-state index in [1.807, 2.05) is 59.3 Å². The van der Waals surface area contributed by atoms with Crippen LogP contribution >= 0.6 is 0 Å². The van der Waals surface area contributed by atoms with Gasteiger partial charge in [-0.25, -0.2) is 0 Å². The van der Waals surface area contributed by atoms with E-state index >= 15 is 0 Å². The molecule has 1 N–H and O–H groups in total. The summed E-state index contributed by atoms with van der Waals surface area (Å²) in [4.78, 5) is 0. The van der Waals surface area contributed by atoms with Crippen molar-refractivity contribution in [2.75, 3.05) is 0 Å². The topological polar surface area (TPSA) is 83.2 Å². The van der Waals surface area contributed by atoms with E-state index in [-0.39, 0.29) is 0 Å². The molecule has 0 saturated carbocycles. The Morgan fingerprint density at radius 3 is 2.59 bits per heavy atom. The van der Waals surface area contributed by atoms with Crippen LogP contribution in [0.1, 0.15) is 5.56 Å². The number of hydrogen-bond donors (Lipinski definition) is 1. The van der Waals surface area contributed by atoms with E-state index in [0.29, 0.717) is 11.4 Å². The number of hydrogen-bond acceptors (Lipinski definition) is 4. The number of fused-ring (bicyclic) bond motifs is 1. The standard InChI is InChI=1S/C16H10N6/c17-9-12-10-22(15-4-2-1-3-14(12)15)13-7-5-11(6-8-13)16-18-20-21-19-16/h1-8,10H,(H,18,19,20,21). The van der Waals surface area contributed by atoms with Crippen LogP contribution in [0.2, 0.25) is 0 Å². The van der Waals surface area contributed by atoms with Crippen molar-refractivity contribution < 1.29 is 0 Å². The predicted molar refractivity (Wildman–Crippen MR) is 81.2 cm³/mol. The highest BCUT2D eigenvalue weighted by atomic mass is 15.5. The van der Waals surface area contributed by atoms with Crippen LogP contribution in [0.3, 0.4) is 0 Å². The first-order chi connectivity index (χ1) is 10.9. The summed E-state index contributed by atoms with van der Waals surface area (Å²) in [6.07, 6.45) is 1.86. The molecule has 0 unspecified atom stereocenters. The molecular formula is C16H10N6. The molecule has 0 saturated heterocycles. The second kappa shape index (κ2) is 4.82. The molecule has 104 valence electrons. The van der Waals surface area contributed by atoms with E-state index in [0.717, 1.165) is 22.2 Å². The summed E-state index contributed by atoms with van der Waals surface area (Å²) < 4.78 is 2.01. The van der Waals surface area contributed by atoms with Crippen LogP contribution in [-0.2, 0) is 0 Å². The van der Waals surface area contributed by atoms with Crippen LogP contribution < -0.4 is 0 Å². The highest BCUT2D eigenvalue weighted by Crippen LogP contribution is 2.25. The molecule has 0 atom stereocenters. The van der Waals surface area contributed by atoms with Gasteiger partial charge in [0, 0.05) is 22.8 Å². The highest BCUT2D eigenvalue weighted by Gasteiger charge is 2.09. The van der Waals surface area contributed by atoms with Gasteiger partial charge in [0.15, 0.2) is 0 Å². The van der Waals surface area contributed by atoms with Gasteiger partial charge in [-0.2, -0.15) is 10.5 Å². The Kier molecular flexibility index (Phi) is 2.70. The minimum Gasteiger partial charge on any atom is -0.315 e. The van der Waals surface area contributed by atoms with Gasteiger partial charge < -0.3 is 4.57 Å². The Balaban J connectivity index is 1.84. The molecule has 0 spiro atoms. The fourth-order valence-corrected chi connectivity index (χ4v) is 2.54. The predicted octanol–water partition coefficient (Wildman–Crippen LogP) is 2.68. The number of nitrogens with one attached hydrogen (secondary N) is 1. The molecular weight excluding hydrogens is 276 g/mol. The van der Waals surface area contributed by atoms with Crippen LogP contribution in [0.15, 0.2) is 54.7 Å². The molecule has 0 radical (unpaired) electrons. The van der Waals surface area contributed by atoms with E-state index < -0.39 is 0 Å². The van der Waals surface area contributed by atoms with Crippen molar-refractivity contribution in [3.63, 3.8) is 0 Å². The van der Waals surface area contributed by atoms with E-state index in [1.165, 1.54) is 0 Å². The number of rotatable bonds is 2. The van der Waals surface area contributed by atoms with Crippen molar-refractivity contribution in [2.45, 2.75) is 0 Å². The van der Waals surface area contributed by atoms with E-state index in [2.05, 4.69) is 26.7 Å². The summed E-state index contributed by atoms with van der Waals surface area (Å²) in [6.45, 7) is 0. The zero-order chi connectivity index (χ0) is 14.9. The number of aromatic amines is 1. The second-order valence-corrected chi connectivity index (χ2v) is 4.82. The molecule has 2 heterocycles. The lowest BCUT2D eigenvalue weighted by Crippen LogP contribution is -1.92. The van der Waals surface area contributed by atoms with Crippen molar-refractivity contribution in [1.82, 2.24) is 25.2 Å². The summed E-state index contributed by atoms with van der Waals surface area (Å²) in [7, 11) is 0. The fourth-order valence-electron chi connectivity index (χ4n) is 2.54. The quantitative estimate of drug-likeness (QED) is 0.614. The summed E-state index contributed by atoms with van der Waals surface area (Å²) >= 11 is 0. The summed E-state index contributed by atoms with van der Waals surface area (Å²) in [5.41, 5.74) is 3.53. The van der Waals surface area contributed by atoms with E-state index in [9.17, 15) is 5.26 Å². The monoisotopic (exact) mass is 286 g/mol. The number of benzene rings is 2. The number of aromatic nitrogens is 5. The third kappa shape index (κ3) is 1.84. The summed E-state index contributed by atoms with van der Waals surface area (Å²) in [5.74, 6) is 0.557. The average Bonchev–Trinajstić information content (AvgIpc) is 3.23. The molecule has 4 rings (SSSR count). The maximum Gasteiger partial charge on any atom is 0.204 e. The van der Waals surface area contributed by atoms with Gasteiger partial charge >= 0.3 is 0 Å². The fraction of sp³-hybridized carbons (Fsp3) is 0. The number of H-pyrrole nitrogens is 1. The average molecular weight is 286 g/mol. The normalized spacial score (nSPS) is 10.7. The van der Waals surface area contributed by atoms with Crippen LogP contribution in [0.25, 0.3) is 28.0 Å². The Labute approximate surface area is 125 Å². The van der Waals surface area contributed by atoms with Gasteiger partial charge in [-0.3, -0.25) is 0 Å². The largest absolute Gasteiger partial charge is 0.315 e. The van der Waals surface area contributed by atoms with Crippen molar-refractivity contribution in [2.24, 2.45) is 0 Å². The zero-order valence-electron chi connectivity index (χ0n) is 11.4. The molecule has 0 aliphatic heterocycles. The number of para-hydroxylation sites is 1. The van der Waals surface area contributed by atoms with E-state index in [4.69, 9.17) is 0 Å². The molecule has 0 aliphatic rings. The maximum atomic E-state index is 9.27. The Morgan fingerprint density at radius 1 is 1.05 bits per heavy atom. The lowest BCUT2D eigenvalue weighted by atomic mass is 10.2. The van der Waals surface area contributed by atoms with Gasteiger partial charge in [-0.15, -0.1) is 10.2 Å². The first-order valence-corrected chi connectivity index (χ1v) is 6.71. The van der Waals surface area contributed by atoms with E-state index in [1.54, 1.807) is 0 Å². The Hall–Kier alpha value is -3.46. The maximum absolute atomic E-state index is 9.27. The Bertz CT molecular complexity index is 974. The molecule has 2 aromatic heterocycles. The minimum absolute atomic E-state index is 0.557. The van der Waals surface area contributed by atoms with Crippen LogP contribution in [-0.4, -0.2) is 25.2 Å². The van der Waals surface area contributed by atoms with Gasteiger partial charge in [-0.1, -0.05) is 18.2 Å².